The highest BCUT2D eigenvalue weighted by atomic mass is 16.1. The van der Waals surface area contributed by atoms with Crippen molar-refractivity contribution in [3.05, 3.63) is 100 Å². The van der Waals surface area contributed by atoms with Crippen molar-refractivity contribution < 1.29 is 4.79 Å². The Bertz CT molecular complexity index is 1240. The van der Waals surface area contributed by atoms with Gasteiger partial charge in [-0.3, -0.25) is 14.6 Å². The molecular weight excluding hydrogens is 374 g/mol. The first kappa shape index (κ1) is 19.6. The van der Waals surface area contributed by atoms with Crippen molar-refractivity contribution in [3.63, 3.8) is 0 Å². The van der Waals surface area contributed by atoms with Gasteiger partial charge in [0.15, 0.2) is 0 Å². The lowest BCUT2D eigenvalue weighted by atomic mass is 10.0. The molecule has 150 valence electrons. The Morgan fingerprint density at radius 3 is 2.60 bits per heavy atom. The number of aromatic amines is 1. The van der Waals surface area contributed by atoms with Gasteiger partial charge in [-0.2, -0.15) is 0 Å². The normalized spacial score (nSPS) is 10.8. The molecule has 0 unspecified atom stereocenters. The van der Waals surface area contributed by atoms with Gasteiger partial charge >= 0.3 is 0 Å². The quantitative estimate of drug-likeness (QED) is 0.477. The molecule has 0 saturated heterocycles. The molecule has 0 bridgehead atoms. The number of benzene rings is 2. The van der Waals surface area contributed by atoms with E-state index in [1.165, 1.54) is 5.56 Å². The van der Waals surface area contributed by atoms with Gasteiger partial charge in [-0.1, -0.05) is 30.3 Å². The van der Waals surface area contributed by atoms with E-state index in [4.69, 9.17) is 0 Å². The minimum atomic E-state index is -0.0913. The number of pyridine rings is 2. The van der Waals surface area contributed by atoms with E-state index in [-0.39, 0.29) is 11.5 Å². The molecule has 0 aliphatic carbocycles. The number of carbonyl (C=O) groups excluding carboxylic acids is 1. The van der Waals surface area contributed by atoms with Crippen LogP contribution in [0.25, 0.3) is 22.0 Å². The van der Waals surface area contributed by atoms with Gasteiger partial charge in [0.25, 0.3) is 5.91 Å². The first-order chi connectivity index (χ1) is 14.6. The average Bonchev–Trinajstić information content (AvgIpc) is 2.77. The fourth-order valence-corrected chi connectivity index (χ4v) is 3.51. The van der Waals surface area contributed by atoms with Crippen LogP contribution in [0.1, 0.15) is 28.0 Å². The molecule has 0 spiro atoms. The van der Waals surface area contributed by atoms with Crippen molar-refractivity contribution in [1.82, 2.24) is 15.3 Å². The molecule has 1 amide bonds. The maximum Gasteiger partial charge on any atom is 0.253 e. The van der Waals surface area contributed by atoms with Gasteiger partial charge in [0.05, 0.1) is 5.56 Å². The first-order valence-corrected chi connectivity index (χ1v) is 10.0. The molecule has 4 rings (SSSR count). The van der Waals surface area contributed by atoms with E-state index in [0.717, 1.165) is 40.6 Å². The topological polar surface area (TPSA) is 74.8 Å². The summed E-state index contributed by atoms with van der Waals surface area (Å²) in [7, 11) is 0. The zero-order chi connectivity index (χ0) is 20.9. The lowest BCUT2D eigenvalue weighted by molar-refractivity contribution is 0.0952. The van der Waals surface area contributed by atoms with E-state index in [0.29, 0.717) is 12.1 Å². The lowest BCUT2D eigenvalue weighted by Crippen LogP contribution is -2.25. The Morgan fingerprint density at radius 1 is 1.00 bits per heavy atom. The van der Waals surface area contributed by atoms with E-state index in [9.17, 15) is 9.59 Å². The summed E-state index contributed by atoms with van der Waals surface area (Å²) >= 11 is 0. The molecule has 5 nitrogen and oxygen atoms in total. The Hall–Kier alpha value is -3.73. The molecule has 2 heterocycles. The number of aryl methyl sites for hydroxylation is 2. The number of carbonyl (C=O) groups is 1. The summed E-state index contributed by atoms with van der Waals surface area (Å²) in [6.45, 7) is 2.46. The predicted molar refractivity (Wildman–Crippen MR) is 120 cm³/mol. The van der Waals surface area contributed by atoms with Crippen molar-refractivity contribution >= 4 is 16.8 Å². The first-order valence-electron chi connectivity index (χ1n) is 10.0. The number of H-pyrrole nitrogens is 1. The maximum absolute atomic E-state index is 12.2. The third-order valence-electron chi connectivity index (χ3n) is 5.19. The average molecular weight is 397 g/mol. The summed E-state index contributed by atoms with van der Waals surface area (Å²) in [6, 6.07) is 21.5. The van der Waals surface area contributed by atoms with E-state index in [2.05, 4.69) is 45.6 Å². The summed E-state index contributed by atoms with van der Waals surface area (Å²) in [5, 5.41) is 3.97. The van der Waals surface area contributed by atoms with Crippen LogP contribution in [0.4, 0.5) is 0 Å². The zero-order valence-corrected chi connectivity index (χ0v) is 16.8. The van der Waals surface area contributed by atoms with Crippen molar-refractivity contribution in [1.29, 1.82) is 0 Å². The molecule has 0 saturated carbocycles. The number of hydrogen-bond donors (Lipinski definition) is 2. The van der Waals surface area contributed by atoms with Crippen LogP contribution in [-0.4, -0.2) is 22.4 Å². The van der Waals surface area contributed by atoms with Crippen LogP contribution in [0.5, 0.6) is 0 Å². The number of nitrogens with zero attached hydrogens (tertiary/aromatic N) is 1. The van der Waals surface area contributed by atoms with Crippen molar-refractivity contribution in [2.75, 3.05) is 6.54 Å². The van der Waals surface area contributed by atoms with Crippen LogP contribution in [0.15, 0.2) is 77.7 Å². The standard InChI is InChI=1S/C25H23N3O2/c1-17-22(5-3-14-26-17)25(30)27-15-2-4-18-6-8-19(9-7-18)20-10-12-23-21(16-20)11-13-24(29)28-23/h3,5-14,16H,2,4,15H2,1H3,(H,27,30)(H,28,29). The number of hydrogen-bond acceptors (Lipinski definition) is 3. The number of amides is 1. The highest BCUT2D eigenvalue weighted by Crippen LogP contribution is 2.23. The van der Waals surface area contributed by atoms with Crippen molar-refractivity contribution in [2.24, 2.45) is 0 Å². The Balaban J connectivity index is 1.34. The van der Waals surface area contributed by atoms with Crippen LogP contribution in [0, 0.1) is 6.92 Å². The molecule has 0 atom stereocenters. The molecule has 5 heteroatoms. The highest BCUT2D eigenvalue weighted by Gasteiger charge is 2.08. The number of aromatic nitrogens is 2. The summed E-state index contributed by atoms with van der Waals surface area (Å²) in [5.41, 5.74) is 5.59. The Kier molecular flexibility index (Phi) is 5.70. The van der Waals surface area contributed by atoms with Crippen LogP contribution >= 0.6 is 0 Å². The van der Waals surface area contributed by atoms with Gasteiger partial charge in [-0.05, 0) is 72.2 Å². The molecule has 30 heavy (non-hydrogen) atoms. The Labute approximate surface area is 174 Å². The lowest BCUT2D eigenvalue weighted by Gasteiger charge is -2.08. The summed E-state index contributed by atoms with van der Waals surface area (Å²) < 4.78 is 0. The van der Waals surface area contributed by atoms with Crippen LogP contribution in [0.3, 0.4) is 0 Å². The molecule has 0 aliphatic rings. The summed E-state index contributed by atoms with van der Waals surface area (Å²) in [6.07, 6.45) is 3.45. The van der Waals surface area contributed by atoms with Gasteiger partial charge in [0, 0.05) is 30.0 Å². The fourth-order valence-electron chi connectivity index (χ4n) is 3.51. The second-order valence-corrected chi connectivity index (χ2v) is 7.32. The van der Waals surface area contributed by atoms with Crippen molar-refractivity contribution in [2.45, 2.75) is 19.8 Å². The molecule has 2 aromatic carbocycles. The second-order valence-electron chi connectivity index (χ2n) is 7.32. The largest absolute Gasteiger partial charge is 0.352 e. The predicted octanol–water partition coefficient (Wildman–Crippen LogP) is 4.26. The van der Waals surface area contributed by atoms with E-state index < -0.39 is 0 Å². The van der Waals surface area contributed by atoms with Crippen LogP contribution < -0.4 is 10.9 Å². The third-order valence-corrected chi connectivity index (χ3v) is 5.19. The summed E-state index contributed by atoms with van der Waals surface area (Å²) in [5.74, 6) is -0.0754. The fraction of sp³-hybridized carbons (Fsp3) is 0.160. The molecular formula is C25H23N3O2. The SMILES string of the molecule is Cc1ncccc1C(=O)NCCCc1ccc(-c2ccc3[nH]c(=O)ccc3c2)cc1. The molecule has 2 N–H and O–H groups in total. The van der Waals surface area contributed by atoms with E-state index >= 15 is 0 Å². The minimum Gasteiger partial charge on any atom is -0.352 e. The number of nitrogens with one attached hydrogen (secondary N) is 2. The van der Waals surface area contributed by atoms with Gasteiger partial charge in [-0.15, -0.1) is 0 Å². The Morgan fingerprint density at radius 2 is 1.80 bits per heavy atom. The maximum atomic E-state index is 12.2. The molecule has 0 aliphatic heterocycles. The highest BCUT2D eigenvalue weighted by molar-refractivity contribution is 5.95. The number of fused-ring (bicyclic) bond motifs is 1. The van der Waals surface area contributed by atoms with Gasteiger partial charge < -0.3 is 10.3 Å². The van der Waals surface area contributed by atoms with Crippen molar-refractivity contribution in [3.8, 4) is 11.1 Å². The monoisotopic (exact) mass is 397 g/mol. The smallest absolute Gasteiger partial charge is 0.253 e. The third kappa shape index (κ3) is 4.46. The van der Waals surface area contributed by atoms with Gasteiger partial charge in [-0.25, -0.2) is 0 Å². The molecule has 4 aromatic rings. The van der Waals surface area contributed by atoms with Crippen LogP contribution in [-0.2, 0) is 6.42 Å². The van der Waals surface area contributed by atoms with Gasteiger partial charge in [0.1, 0.15) is 0 Å². The zero-order valence-electron chi connectivity index (χ0n) is 16.8. The number of rotatable bonds is 6. The van der Waals surface area contributed by atoms with E-state index in [1.54, 1.807) is 24.4 Å². The van der Waals surface area contributed by atoms with Crippen LogP contribution in [0.2, 0.25) is 0 Å². The molecule has 0 radical (unpaired) electrons. The second kappa shape index (κ2) is 8.74. The molecule has 2 aromatic heterocycles. The van der Waals surface area contributed by atoms with Gasteiger partial charge in [0.2, 0.25) is 5.56 Å². The molecule has 0 fully saturated rings. The van der Waals surface area contributed by atoms with E-state index in [1.807, 2.05) is 25.1 Å². The minimum absolute atomic E-state index is 0.0754. The summed E-state index contributed by atoms with van der Waals surface area (Å²) in [4.78, 5) is 30.6.